The highest BCUT2D eigenvalue weighted by atomic mass is 14.8. The molecule has 0 atom stereocenters. The summed E-state index contributed by atoms with van der Waals surface area (Å²) >= 11 is 0. The first-order valence-electron chi connectivity index (χ1n) is 6.53. The van der Waals surface area contributed by atoms with Gasteiger partial charge in [0.05, 0.1) is 5.69 Å². The van der Waals surface area contributed by atoms with Crippen LogP contribution in [0.3, 0.4) is 0 Å². The van der Waals surface area contributed by atoms with Gasteiger partial charge >= 0.3 is 0 Å². The number of rotatable bonds is 2. The van der Waals surface area contributed by atoms with Gasteiger partial charge in [0.25, 0.3) is 0 Å². The number of nitrogens with two attached hydrogens (primary N) is 1. The molecule has 0 radical (unpaired) electrons. The van der Waals surface area contributed by atoms with Crippen molar-refractivity contribution in [3.8, 4) is 11.1 Å². The molecule has 2 N–H and O–H groups in total. The van der Waals surface area contributed by atoms with Crippen LogP contribution < -0.4 is 5.73 Å². The van der Waals surface area contributed by atoms with Gasteiger partial charge in [0.15, 0.2) is 0 Å². The fourth-order valence-electron chi connectivity index (χ4n) is 2.49. The van der Waals surface area contributed by atoms with Crippen molar-refractivity contribution < 1.29 is 0 Å². The number of hydrogen-bond acceptors (Lipinski definition) is 2. The Hall–Kier alpha value is -2.35. The summed E-state index contributed by atoms with van der Waals surface area (Å²) in [7, 11) is 0. The van der Waals surface area contributed by atoms with E-state index in [0.717, 1.165) is 12.1 Å². The van der Waals surface area contributed by atoms with Crippen molar-refractivity contribution in [2.45, 2.75) is 13.3 Å². The molecule has 0 aliphatic heterocycles. The van der Waals surface area contributed by atoms with Crippen molar-refractivity contribution in [2.75, 3.05) is 5.73 Å². The Morgan fingerprint density at radius 1 is 0.895 bits per heavy atom. The third-order valence-electron chi connectivity index (χ3n) is 3.41. The van der Waals surface area contributed by atoms with E-state index >= 15 is 0 Å². The van der Waals surface area contributed by atoms with Gasteiger partial charge in [-0.3, -0.25) is 0 Å². The monoisotopic (exact) mass is 248 g/mol. The van der Waals surface area contributed by atoms with E-state index < -0.39 is 0 Å². The van der Waals surface area contributed by atoms with Gasteiger partial charge in [0.2, 0.25) is 0 Å². The number of nitrogen functional groups attached to an aromatic ring is 1. The van der Waals surface area contributed by atoms with Crippen LogP contribution >= 0.6 is 0 Å². The molecule has 0 saturated heterocycles. The van der Waals surface area contributed by atoms with Crippen LogP contribution in [-0.4, -0.2) is 4.98 Å². The molecule has 0 saturated carbocycles. The van der Waals surface area contributed by atoms with Gasteiger partial charge in [-0.2, -0.15) is 0 Å². The van der Waals surface area contributed by atoms with Crippen molar-refractivity contribution in [1.82, 2.24) is 4.98 Å². The van der Waals surface area contributed by atoms with Crippen LogP contribution in [0.5, 0.6) is 0 Å². The van der Waals surface area contributed by atoms with Crippen LogP contribution in [-0.2, 0) is 6.42 Å². The highest BCUT2D eigenvalue weighted by Crippen LogP contribution is 2.30. The summed E-state index contributed by atoms with van der Waals surface area (Å²) < 4.78 is 0. The molecule has 1 heterocycles. The molecule has 2 nitrogen and oxygen atoms in total. The normalized spacial score (nSPS) is 10.8. The van der Waals surface area contributed by atoms with E-state index in [4.69, 9.17) is 5.73 Å². The molecular weight excluding hydrogens is 232 g/mol. The fraction of sp³-hybridized carbons (Fsp3) is 0.118. The molecule has 0 bridgehead atoms. The van der Waals surface area contributed by atoms with Crippen LogP contribution in [0.25, 0.3) is 21.9 Å². The maximum Gasteiger partial charge on any atom is 0.123 e. The molecule has 94 valence electrons. The second-order valence-electron chi connectivity index (χ2n) is 4.61. The lowest BCUT2D eigenvalue weighted by molar-refractivity contribution is 1.05. The highest BCUT2D eigenvalue weighted by Gasteiger charge is 2.08. The Morgan fingerprint density at radius 3 is 2.53 bits per heavy atom. The number of fused-ring (bicyclic) bond motifs is 1. The zero-order chi connectivity index (χ0) is 13.2. The lowest BCUT2D eigenvalue weighted by atomic mass is 9.96. The number of aromatic nitrogens is 1. The molecule has 0 fully saturated rings. The summed E-state index contributed by atoms with van der Waals surface area (Å²) in [5.74, 6) is 0.584. The molecule has 0 aliphatic rings. The highest BCUT2D eigenvalue weighted by molar-refractivity contribution is 5.97. The van der Waals surface area contributed by atoms with E-state index in [-0.39, 0.29) is 0 Å². The minimum Gasteiger partial charge on any atom is -0.384 e. The first-order chi connectivity index (χ1) is 9.29. The lowest BCUT2D eigenvalue weighted by Crippen LogP contribution is -1.97. The van der Waals surface area contributed by atoms with Gasteiger partial charge in [0.1, 0.15) is 5.82 Å². The number of anilines is 1. The standard InChI is InChI=1S/C17H16N2/c1-2-16-15(10-11-17(18)19-16)14-9-5-7-12-6-3-4-8-13(12)14/h3-11H,2H2,1H3,(H2,18,19). The van der Waals surface area contributed by atoms with Gasteiger partial charge < -0.3 is 5.73 Å². The average molecular weight is 248 g/mol. The van der Waals surface area contributed by atoms with Crippen LogP contribution in [0.4, 0.5) is 5.82 Å². The number of pyridine rings is 1. The van der Waals surface area contributed by atoms with Crippen molar-refractivity contribution in [2.24, 2.45) is 0 Å². The minimum absolute atomic E-state index is 0.584. The molecule has 3 rings (SSSR count). The molecule has 0 aliphatic carbocycles. The third-order valence-corrected chi connectivity index (χ3v) is 3.41. The Bertz CT molecular complexity index is 727. The van der Waals surface area contributed by atoms with Gasteiger partial charge in [-0.25, -0.2) is 4.98 Å². The SMILES string of the molecule is CCc1nc(N)ccc1-c1cccc2ccccc12. The molecular formula is C17H16N2. The number of nitrogens with zero attached hydrogens (tertiary/aromatic N) is 1. The van der Waals surface area contributed by atoms with E-state index in [1.165, 1.54) is 21.9 Å². The van der Waals surface area contributed by atoms with Crippen molar-refractivity contribution in [3.05, 3.63) is 60.3 Å². The summed E-state index contributed by atoms with van der Waals surface area (Å²) in [5, 5.41) is 2.50. The summed E-state index contributed by atoms with van der Waals surface area (Å²) in [5.41, 5.74) is 9.23. The summed E-state index contributed by atoms with van der Waals surface area (Å²) in [6.07, 6.45) is 0.879. The first kappa shape index (κ1) is 11.7. The van der Waals surface area contributed by atoms with Gasteiger partial charge in [-0.05, 0) is 34.9 Å². The van der Waals surface area contributed by atoms with Crippen molar-refractivity contribution in [1.29, 1.82) is 0 Å². The summed E-state index contributed by atoms with van der Waals surface area (Å²) in [4.78, 5) is 4.45. The Morgan fingerprint density at radius 2 is 1.68 bits per heavy atom. The van der Waals surface area contributed by atoms with E-state index in [1.54, 1.807) is 0 Å². The van der Waals surface area contributed by atoms with Crippen molar-refractivity contribution in [3.63, 3.8) is 0 Å². The second-order valence-corrected chi connectivity index (χ2v) is 4.61. The second kappa shape index (κ2) is 4.73. The molecule has 3 aromatic rings. The van der Waals surface area contributed by atoms with E-state index in [9.17, 15) is 0 Å². The van der Waals surface area contributed by atoms with Gasteiger partial charge in [-0.1, -0.05) is 49.4 Å². The first-order valence-corrected chi connectivity index (χ1v) is 6.53. The molecule has 2 heteroatoms. The smallest absolute Gasteiger partial charge is 0.123 e. The van der Waals surface area contributed by atoms with Gasteiger partial charge in [-0.15, -0.1) is 0 Å². The zero-order valence-electron chi connectivity index (χ0n) is 10.9. The third kappa shape index (κ3) is 2.06. The molecule has 0 unspecified atom stereocenters. The van der Waals surface area contributed by atoms with E-state index in [0.29, 0.717) is 5.82 Å². The maximum atomic E-state index is 5.78. The molecule has 0 amide bonds. The number of aryl methyl sites for hydroxylation is 1. The molecule has 0 spiro atoms. The minimum atomic E-state index is 0.584. The largest absolute Gasteiger partial charge is 0.384 e. The molecule has 2 aromatic carbocycles. The Kier molecular flexibility index (Phi) is 2.92. The number of hydrogen-bond donors (Lipinski definition) is 1. The average Bonchev–Trinajstić information content (AvgIpc) is 2.46. The van der Waals surface area contributed by atoms with Crippen LogP contribution in [0.15, 0.2) is 54.6 Å². The Labute approximate surface area is 112 Å². The van der Waals surface area contributed by atoms with E-state index in [1.807, 2.05) is 6.07 Å². The van der Waals surface area contributed by atoms with Crippen LogP contribution in [0.1, 0.15) is 12.6 Å². The zero-order valence-corrected chi connectivity index (χ0v) is 10.9. The topological polar surface area (TPSA) is 38.9 Å². The van der Waals surface area contributed by atoms with Crippen molar-refractivity contribution >= 4 is 16.6 Å². The lowest BCUT2D eigenvalue weighted by Gasteiger charge is -2.11. The predicted octanol–water partition coefficient (Wildman–Crippen LogP) is 4.05. The fourth-order valence-corrected chi connectivity index (χ4v) is 2.49. The predicted molar refractivity (Wildman–Crippen MR) is 81.0 cm³/mol. The van der Waals surface area contributed by atoms with E-state index in [2.05, 4.69) is 60.4 Å². The number of benzene rings is 2. The summed E-state index contributed by atoms with van der Waals surface area (Å²) in [6.45, 7) is 2.11. The van der Waals surface area contributed by atoms with Gasteiger partial charge in [0, 0.05) is 5.56 Å². The molecule has 19 heavy (non-hydrogen) atoms. The van der Waals surface area contributed by atoms with Crippen LogP contribution in [0, 0.1) is 0 Å². The van der Waals surface area contributed by atoms with Crippen LogP contribution in [0.2, 0.25) is 0 Å². The Balaban J connectivity index is 2.30. The quantitative estimate of drug-likeness (QED) is 0.743. The summed E-state index contributed by atoms with van der Waals surface area (Å²) in [6, 6.07) is 18.7. The maximum absolute atomic E-state index is 5.78. The molecule has 1 aromatic heterocycles.